The van der Waals surface area contributed by atoms with Crippen molar-refractivity contribution >= 4 is 15.7 Å². The number of nitrogens with one attached hydrogen (secondary N) is 1. The van der Waals surface area contributed by atoms with E-state index in [0.717, 1.165) is 5.37 Å². The Balaban J connectivity index is 3.07. The van der Waals surface area contributed by atoms with Gasteiger partial charge in [0.15, 0.2) is 0 Å². The normalized spacial score (nSPS) is 8.89. The summed E-state index contributed by atoms with van der Waals surface area (Å²) in [5, 5.41) is 1.11. The predicted molar refractivity (Wildman–Crippen MR) is 34.9 cm³/mol. The summed E-state index contributed by atoms with van der Waals surface area (Å²) >= 11 is 0. The van der Waals surface area contributed by atoms with E-state index in [9.17, 15) is 8.42 Å². The summed E-state index contributed by atoms with van der Waals surface area (Å²) in [5.74, 6) is 0. The van der Waals surface area contributed by atoms with Gasteiger partial charge in [0.25, 0.3) is 0 Å². The summed E-state index contributed by atoms with van der Waals surface area (Å²) in [7, 11) is -2.10. The van der Waals surface area contributed by atoms with Crippen molar-refractivity contribution in [3.05, 3.63) is 24.0 Å². The zero-order valence-corrected chi connectivity index (χ0v) is 5.35. The Hall–Kier alpha value is -1.03. The molecular weight excluding hydrogens is 138 g/mol. The minimum absolute atomic E-state index is 0.600. The Morgan fingerprint density at radius 1 is 1.56 bits per heavy atom. The molecule has 1 heterocycles. The summed E-state index contributed by atoms with van der Waals surface area (Å²) in [6.45, 7) is 0. The van der Waals surface area contributed by atoms with E-state index >= 15 is 0 Å². The van der Waals surface area contributed by atoms with E-state index in [1.54, 1.807) is 18.3 Å². The van der Waals surface area contributed by atoms with Gasteiger partial charge in [-0.05, 0) is 12.1 Å². The molecule has 1 N–H and O–H groups in total. The molecule has 0 fully saturated rings. The molecular formula is C5H5NO2S. The number of hydrogen-bond acceptors (Lipinski definition) is 2. The summed E-state index contributed by atoms with van der Waals surface area (Å²) < 4.78 is 20.0. The average Bonchev–Trinajstić information content (AvgIpc) is 2.15. The van der Waals surface area contributed by atoms with Crippen LogP contribution in [0.3, 0.4) is 0 Å². The van der Waals surface area contributed by atoms with Gasteiger partial charge in [-0.25, -0.2) is 0 Å². The summed E-state index contributed by atoms with van der Waals surface area (Å²) in [5.41, 5.74) is 0.600. The Bertz CT molecular complexity index is 288. The van der Waals surface area contributed by atoms with Crippen LogP contribution in [0.4, 0.5) is 0 Å². The topological polar surface area (TPSA) is 49.9 Å². The number of hydrogen-bond donors (Lipinski definition) is 1. The van der Waals surface area contributed by atoms with Crippen LogP contribution in [0.25, 0.3) is 0 Å². The van der Waals surface area contributed by atoms with Crippen molar-refractivity contribution in [1.29, 1.82) is 0 Å². The molecule has 0 aliphatic rings. The van der Waals surface area contributed by atoms with E-state index in [1.165, 1.54) is 0 Å². The van der Waals surface area contributed by atoms with Crippen LogP contribution < -0.4 is 0 Å². The SMILES string of the molecule is O=S(=O)=Cc1ccc[nH]1. The minimum Gasteiger partial charge on any atom is -0.361 e. The third-order valence-corrected chi connectivity index (χ3v) is 1.29. The summed E-state index contributed by atoms with van der Waals surface area (Å²) in [4.78, 5) is 2.72. The Morgan fingerprint density at radius 3 is 2.78 bits per heavy atom. The predicted octanol–water partition coefficient (Wildman–Crippen LogP) is 0.0441. The van der Waals surface area contributed by atoms with Crippen LogP contribution >= 0.6 is 0 Å². The van der Waals surface area contributed by atoms with Crippen LogP contribution in [0.2, 0.25) is 0 Å². The molecule has 48 valence electrons. The zero-order valence-electron chi connectivity index (χ0n) is 4.53. The molecule has 1 aromatic rings. The standard InChI is InChI=1S/C5H5NO2S/c7-9(8)4-5-2-1-3-6-5/h1-4,6H. The lowest BCUT2D eigenvalue weighted by molar-refractivity contribution is 0.627. The van der Waals surface area contributed by atoms with Crippen LogP contribution in [0.15, 0.2) is 18.3 Å². The molecule has 0 aliphatic heterocycles. The molecule has 0 radical (unpaired) electrons. The largest absolute Gasteiger partial charge is 0.361 e. The van der Waals surface area contributed by atoms with E-state index in [4.69, 9.17) is 0 Å². The third-order valence-electron chi connectivity index (χ3n) is 0.845. The first-order chi connectivity index (χ1) is 4.29. The maximum Gasteiger partial charge on any atom is 0.216 e. The van der Waals surface area contributed by atoms with Gasteiger partial charge in [-0.3, -0.25) is 0 Å². The van der Waals surface area contributed by atoms with E-state index in [2.05, 4.69) is 4.98 Å². The van der Waals surface area contributed by atoms with Crippen molar-refractivity contribution in [1.82, 2.24) is 4.98 Å². The second kappa shape index (κ2) is 2.50. The monoisotopic (exact) mass is 143 g/mol. The van der Waals surface area contributed by atoms with Gasteiger partial charge < -0.3 is 4.98 Å². The van der Waals surface area contributed by atoms with Gasteiger partial charge in [-0.2, -0.15) is 8.42 Å². The van der Waals surface area contributed by atoms with E-state index < -0.39 is 10.3 Å². The third kappa shape index (κ3) is 1.73. The first kappa shape index (κ1) is 6.10. The van der Waals surface area contributed by atoms with Crippen molar-refractivity contribution < 1.29 is 8.42 Å². The van der Waals surface area contributed by atoms with E-state index in [1.807, 2.05) is 0 Å². The molecule has 1 aromatic heterocycles. The van der Waals surface area contributed by atoms with Crippen LogP contribution in [-0.4, -0.2) is 18.8 Å². The highest BCUT2D eigenvalue weighted by Crippen LogP contribution is 1.86. The minimum atomic E-state index is -2.10. The van der Waals surface area contributed by atoms with Gasteiger partial charge in [0, 0.05) is 6.20 Å². The molecule has 0 unspecified atom stereocenters. The number of H-pyrrole nitrogens is 1. The molecule has 3 nitrogen and oxygen atoms in total. The summed E-state index contributed by atoms with van der Waals surface area (Å²) in [6.07, 6.45) is 1.67. The first-order valence-electron chi connectivity index (χ1n) is 2.35. The highest BCUT2D eigenvalue weighted by atomic mass is 32.2. The van der Waals surface area contributed by atoms with Crippen LogP contribution in [-0.2, 0) is 10.3 Å². The van der Waals surface area contributed by atoms with Crippen molar-refractivity contribution in [3.63, 3.8) is 0 Å². The molecule has 0 saturated heterocycles. The second-order valence-electron chi connectivity index (χ2n) is 1.50. The Morgan fingerprint density at radius 2 is 2.33 bits per heavy atom. The van der Waals surface area contributed by atoms with Gasteiger partial charge in [0.05, 0.1) is 11.1 Å². The van der Waals surface area contributed by atoms with Crippen molar-refractivity contribution in [2.75, 3.05) is 0 Å². The smallest absolute Gasteiger partial charge is 0.216 e. The number of rotatable bonds is 1. The van der Waals surface area contributed by atoms with Gasteiger partial charge in [-0.15, -0.1) is 0 Å². The highest BCUT2D eigenvalue weighted by molar-refractivity contribution is 7.71. The first-order valence-corrected chi connectivity index (χ1v) is 3.49. The molecule has 1 rings (SSSR count). The van der Waals surface area contributed by atoms with Crippen LogP contribution in [0, 0.1) is 0 Å². The lowest BCUT2D eigenvalue weighted by Crippen LogP contribution is -1.78. The maximum absolute atomic E-state index is 9.99. The van der Waals surface area contributed by atoms with Gasteiger partial charge in [0.2, 0.25) is 10.3 Å². The maximum atomic E-state index is 9.99. The van der Waals surface area contributed by atoms with Crippen molar-refractivity contribution in [3.8, 4) is 0 Å². The molecule has 0 atom stereocenters. The Labute approximate surface area is 53.9 Å². The van der Waals surface area contributed by atoms with Crippen molar-refractivity contribution in [2.45, 2.75) is 0 Å². The number of aromatic nitrogens is 1. The highest BCUT2D eigenvalue weighted by Gasteiger charge is 1.82. The van der Waals surface area contributed by atoms with Gasteiger partial charge >= 0.3 is 0 Å². The zero-order chi connectivity index (χ0) is 6.69. The fraction of sp³-hybridized carbons (Fsp3) is 0. The quantitative estimate of drug-likeness (QED) is 0.564. The Kier molecular flexibility index (Phi) is 1.69. The molecule has 0 aromatic carbocycles. The van der Waals surface area contributed by atoms with E-state index in [-0.39, 0.29) is 0 Å². The van der Waals surface area contributed by atoms with Gasteiger partial charge in [0.1, 0.15) is 0 Å². The van der Waals surface area contributed by atoms with Crippen molar-refractivity contribution in [2.24, 2.45) is 0 Å². The van der Waals surface area contributed by atoms with Gasteiger partial charge in [-0.1, -0.05) is 0 Å². The van der Waals surface area contributed by atoms with E-state index in [0.29, 0.717) is 5.69 Å². The molecule has 0 aliphatic carbocycles. The summed E-state index contributed by atoms with van der Waals surface area (Å²) in [6, 6.07) is 3.41. The lowest BCUT2D eigenvalue weighted by atomic mass is 10.5. The molecule has 4 heteroatoms. The lowest BCUT2D eigenvalue weighted by Gasteiger charge is -1.73. The molecule has 9 heavy (non-hydrogen) atoms. The van der Waals surface area contributed by atoms with Crippen LogP contribution in [0.1, 0.15) is 5.69 Å². The molecule has 0 spiro atoms. The number of aromatic amines is 1. The van der Waals surface area contributed by atoms with Crippen LogP contribution in [0.5, 0.6) is 0 Å². The fourth-order valence-corrected chi connectivity index (χ4v) is 0.875. The fourth-order valence-electron chi connectivity index (χ4n) is 0.521. The molecule has 0 amide bonds. The average molecular weight is 143 g/mol. The second-order valence-corrected chi connectivity index (χ2v) is 2.26. The molecule has 0 saturated carbocycles. The molecule has 0 bridgehead atoms.